The maximum atomic E-state index is 13.8. The predicted octanol–water partition coefficient (Wildman–Crippen LogP) is 5.88. The molecule has 1 aliphatic carbocycles. The molecule has 154 valence electrons. The Hall–Kier alpha value is -2.76. The molecule has 2 aliphatic rings. The van der Waals surface area contributed by atoms with Crippen LogP contribution in [0.5, 0.6) is 5.75 Å². The molecule has 0 amide bonds. The molecule has 4 nitrogen and oxygen atoms in total. The van der Waals surface area contributed by atoms with E-state index in [1.807, 2.05) is 6.07 Å². The first-order valence-electron chi connectivity index (χ1n) is 9.73. The zero-order valence-corrected chi connectivity index (χ0v) is 18.7. The molecule has 0 bridgehead atoms. The summed E-state index contributed by atoms with van der Waals surface area (Å²) in [6.07, 6.45) is 0. The highest BCUT2D eigenvalue weighted by Gasteiger charge is 2.87. The van der Waals surface area contributed by atoms with Crippen molar-refractivity contribution in [2.45, 2.75) is 12.8 Å². The van der Waals surface area contributed by atoms with E-state index in [2.05, 4.69) is 15.9 Å². The van der Waals surface area contributed by atoms with Gasteiger partial charge in [0, 0.05) is 32.1 Å². The third-order valence-corrected chi connectivity index (χ3v) is 7.27. The lowest BCUT2D eigenvalue weighted by Crippen LogP contribution is -2.39. The quantitative estimate of drug-likeness (QED) is 0.196. The summed E-state index contributed by atoms with van der Waals surface area (Å²) in [4.78, 5) is 41.0. The standard InChI is InChI=1S/C25H16BrClO4/c1-24(21(28)15-7-10-17(27)11-8-15)20-18-13-16(26)9-12-19(18)31-23(30)25(20,24)22(29)14-5-3-2-4-6-14/h2-13,20H,1H3/t20-,24+,25+/m0/s1. The van der Waals surface area contributed by atoms with Crippen LogP contribution in [0.25, 0.3) is 0 Å². The highest BCUT2D eigenvalue weighted by molar-refractivity contribution is 9.10. The van der Waals surface area contributed by atoms with Gasteiger partial charge in [-0.25, -0.2) is 0 Å². The minimum Gasteiger partial charge on any atom is -0.425 e. The van der Waals surface area contributed by atoms with Crippen LogP contribution in [0.4, 0.5) is 0 Å². The highest BCUT2D eigenvalue weighted by Crippen LogP contribution is 2.79. The lowest BCUT2D eigenvalue weighted by molar-refractivity contribution is -0.140. The summed E-state index contributed by atoms with van der Waals surface area (Å²) in [6, 6.07) is 20.3. The van der Waals surface area contributed by atoms with Crippen LogP contribution < -0.4 is 4.74 Å². The number of rotatable bonds is 4. The van der Waals surface area contributed by atoms with Gasteiger partial charge in [0.05, 0.1) is 5.41 Å². The number of Topliss-reactive ketones (excluding diaryl/α,β-unsaturated/α-hetero) is 2. The van der Waals surface area contributed by atoms with Crippen molar-refractivity contribution < 1.29 is 19.1 Å². The van der Waals surface area contributed by atoms with Crippen LogP contribution in [0.15, 0.2) is 77.3 Å². The third-order valence-electron chi connectivity index (χ3n) is 6.53. The van der Waals surface area contributed by atoms with Gasteiger partial charge in [-0.2, -0.15) is 0 Å². The first kappa shape index (κ1) is 20.2. The van der Waals surface area contributed by atoms with Gasteiger partial charge in [0.2, 0.25) is 0 Å². The zero-order chi connectivity index (χ0) is 22.0. The number of esters is 1. The van der Waals surface area contributed by atoms with E-state index in [1.165, 1.54) is 0 Å². The van der Waals surface area contributed by atoms with Gasteiger partial charge in [0.15, 0.2) is 17.0 Å². The van der Waals surface area contributed by atoms with Gasteiger partial charge in [0.25, 0.3) is 0 Å². The van der Waals surface area contributed by atoms with E-state index >= 15 is 0 Å². The topological polar surface area (TPSA) is 60.4 Å². The number of fused-ring (bicyclic) bond motifs is 3. The Balaban J connectivity index is 1.73. The molecule has 0 saturated heterocycles. The Morgan fingerprint density at radius 3 is 2.26 bits per heavy atom. The van der Waals surface area contributed by atoms with Crippen molar-refractivity contribution in [3.63, 3.8) is 0 Å². The highest BCUT2D eigenvalue weighted by atomic mass is 79.9. The second-order valence-corrected chi connectivity index (χ2v) is 9.40. The Morgan fingerprint density at radius 2 is 1.58 bits per heavy atom. The van der Waals surface area contributed by atoms with Crippen LogP contribution in [0.1, 0.15) is 39.1 Å². The van der Waals surface area contributed by atoms with E-state index in [1.54, 1.807) is 73.7 Å². The molecule has 3 atom stereocenters. The molecule has 1 aliphatic heterocycles. The molecule has 0 radical (unpaired) electrons. The molecule has 3 aromatic carbocycles. The molecular formula is C25H16BrClO4. The fourth-order valence-corrected chi connectivity index (χ4v) is 5.50. The minimum atomic E-state index is -1.63. The fourth-order valence-electron chi connectivity index (χ4n) is 5.00. The van der Waals surface area contributed by atoms with Crippen LogP contribution in [-0.2, 0) is 4.79 Å². The summed E-state index contributed by atoms with van der Waals surface area (Å²) in [6.45, 7) is 1.69. The van der Waals surface area contributed by atoms with Crippen LogP contribution in [0.3, 0.4) is 0 Å². The Morgan fingerprint density at radius 1 is 0.935 bits per heavy atom. The lowest BCUT2D eigenvalue weighted by atomic mass is 9.82. The number of carbonyl (C=O) groups is 3. The van der Waals surface area contributed by atoms with E-state index in [0.29, 0.717) is 27.5 Å². The monoisotopic (exact) mass is 494 g/mol. The average Bonchev–Trinajstić information content (AvgIpc) is 3.37. The van der Waals surface area contributed by atoms with Crippen molar-refractivity contribution in [1.29, 1.82) is 0 Å². The van der Waals surface area contributed by atoms with Crippen molar-refractivity contribution in [2.24, 2.45) is 10.8 Å². The van der Waals surface area contributed by atoms with Gasteiger partial charge in [-0.15, -0.1) is 0 Å². The number of ketones is 2. The van der Waals surface area contributed by atoms with Crippen molar-refractivity contribution in [2.75, 3.05) is 0 Å². The van der Waals surface area contributed by atoms with Crippen molar-refractivity contribution >= 4 is 45.1 Å². The molecule has 1 fully saturated rings. The summed E-state index contributed by atoms with van der Waals surface area (Å²) in [5, 5.41) is 0.499. The van der Waals surface area contributed by atoms with E-state index in [0.717, 1.165) is 4.47 Å². The predicted molar refractivity (Wildman–Crippen MR) is 120 cm³/mol. The number of halogens is 2. The fraction of sp³-hybridized carbons (Fsp3) is 0.160. The largest absolute Gasteiger partial charge is 0.425 e. The van der Waals surface area contributed by atoms with Crippen LogP contribution in [0.2, 0.25) is 5.02 Å². The molecule has 0 unspecified atom stereocenters. The SMILES string of the molecule is C[C@]1(C(=O)c2ccc(Cl)cc2)[C@@H]2c3cc(Br)ccc3OC(=O)[C@]21C(=O)c1ccccc1. The van der Waals surface area contributed by atoms with Crippen LogP contribution in [-0.4, -0.2) is 17.5 Å². The minimum absolute atomic E-state index is 0.289. The zero-order valence-electron chi connectivity index (χ0n) is 16.4. The molecule has 1 saturated carbocycles. The summed E-state index contributed by atoms with van der Waals surface area (Å²) >= 11 is 9.44. The number of benzene rings is 3. The maximum absolute atomic E-state index is 13.8. The Bertz CT molecular complexity index is 1250. The number of ether oxygens (including phenoxy) is 1. The third kappa shape index (κ3) is 2.63. The molecule has 6 heteroatoms. The van der Waals surface area contributed by atoms with Crippen molar-refractivity contribution in [3.8, 4) is 5.75 Å². The van der Waals surface area contributed by atoms with Gasteiger partial charge >= 0.3 is 5.97 Å². The lowest BCUT2D eigenvalue weighted by Gasteiger charge is -2.23. The van der Waals surface area contributed by atoms with Gasteiger partial charge < -0.3 is 4.74 Å². The normalized spacial score (nSPS) is 25.8. The number of hydrogen-bond donors (Lipinski definition) is 0. The summed E-state index contributed by atoms with van der Waals surface area (Å²) in [7, 11) is 0. The number of carbonyl (C=O) groups excluding carboxylic acids is 3. The second-order valence-electron chi connectivity index (χ2n) is 8.05. The molecular weight excluding hydrogens is 480 g/mol. The molecule has 0 aromatic heterocycles. The Kier molecular flexibility index (Phi) is 4.47. The summed E-state index contributed by atoms with van der Waals surface area (Å²) < 4.78 is 6.41. The summed E-state index contributed by atoms with van der Waals surface area (Å²) in [5.74, 6) is -1.64. The van der Waals surface area contributed by atoms with E-state index in [-0.39, 0.29) is 5.78 Å². The second kappa shape index (κ2) is 6.87. The molecule has 0 spiro atoms. The van der Waals surface area contributed by atoms with Gasteiger partial charge in [-0.05, 0) is 42.5 Å². The Labute approximate surface area is 192 Å². The van der Waals surface area contributed by atoms with E-state index < -0.39 is 28.5 Å². The summed E-state index contributed by atoms with van der Waals surface area (Å²) in [5.41, 5.74) is -1.49. The first-order valence-corrected chi connectivity index (χ1v) is 10.9. The van der Waals surface area contributed by atoms with Crippen LogP contribution >= 0.6 is 27.5 Å². The molecule has 3 aromatic rings. The molecule has 5 rings (SSSR count). The average molecular weight is 496 g/mol. The van der Waals surface area contributed by atoms with Gasteiger partial charge in [0.1, 0.15) is 5.75 Å². The smallest absolute Gasteiger partial charge is 0.327 e. The molecule has 1 heterocycles. The molecule has 31 heavy (non-hydrogen) atoms. The van der Waals surface area contributed by atoms with E-state index in [4.69, 9.17) is 16.3 Å². The van der Waals surface area contributed by atoms with Crippen molar-refractivity contribution in [1.82, 2.24) is 0 Å². The van der Waals surface area contributed by atoms with Gasteiger partial charge in [-0.3, -0.25) is 14.4 Å². The van der Waals surface area contributed by atoms with Crippen LogP contribution in [0, 0.1) is 10.8 Å². The molecule has 0 N–H and O–H groups in total. The maximum Gasteiger partial charge on any atom is 0.327 e. The number of hydrogen-bond acceptors (Lipinski definition) is 4. The van der Waals surface area contributed by atoms with Crippen molar-refractivity contribution in [3.05, 3.63) is 99.0 Å². The first-order chi connectivity index (χ1) is 14.8. The van der Waals surface area contributed by atoms with Gasteiger partial charge in [-0.1, -0.05) is 64.8 Å². The van der Waals surface area contributed by atoms with E-state index in [9.17, 15) is 14.4 Å².